The van der Waals surface area contributed by atoms with Gasteiger partial charge in [0.05, 0.1) is 32.2 Å². The Hall–Kier alpha value is -4.14. The zero-order valence-corrected chi connectivity index (χ0v) is 18.1. The van der Waals surface area contributed by atoms with Crippen molar-refractivity contribution in [3.8, 4) is 34.1 Å². The Kier molecular flexibility index (Phi) is 6.16. The van der Waals surface area contributed by atoms with E-state index in [-0.39, 0.29) is 5.91 Å². The predicted molar refractivity (Wildman–Crippen MR) is 120 cm³/mol. The number of aryl methyl sites for hydroxylation is 1. The van der Waals surface area contributed by atoms with Gasteiger partial charge in [0, 0.05) is 31.5 Å². The van der Waals surface area contributed by atoms with Gasteiger partial charge in [-0.05, 0) is 42.5 Å². The van der Waals surface area contributed by atoms with Gasteiger partial charge in [0.15, 0.2) is 0 Å². The molecule has 3 aromatic heterocycles. The lowest BCUT2D eigenvalue weighted by molar-refractivity contribution is 0.0942. The first-order valence-corrected chi connectivity index (χ1v) is 10.1. The Morgan fingerprint density at radius 3 is 2.62 bits per heavy atom. The summed E-state index contributed by atoms with van der Waals surface area (Å²) in [5.74, 6) is 1.12. The Labute approximate surface area is 185 Å². The molecule has 32 heavy (non-hydrogen) atoms. The number of rotatable bonds is 8. The summed E-state index contributed by atoms with van der Waals surface area (Å²) >= 11 is 0. The fourth-order valence-electron chi connectivity index (χ4n) is 3.34. The summed E-state index contributed by atoms with van der Waals surface area (Å²) in [7, 11) is 4.93. The molecule has 0 bridgehead atoms. The second-order valence-corrected chi connectivity index (χ2v) is 7.04. The molecule has 1 aromatic carbocycles. The first-order valence-electron chi connectivity index (χ1n) is 10.1. The number of hydrogen-bond acceptors (Lipinski definition) is 6. The third kappa shape index (κ3) is 4.46. The summed E-state index contributed by atoms with van der Waals surface area (Å²) in [6, 6.07) is 14.8. The largest absolute Gasteiger partial charge is 0.497 e. The second kappa shape index (κ2) is 9.34. The number of carbonyl (C=O) groups is 1. The summed E-state index contributed by atoms with van der Waals surface area (Å²) < 4.78 is 14.1. The minimum atomic E-state index is -0.217. The Bertz CT molecular complexity index is 1220. The smallest absolute Gasteiger partial charge is 0.269 e. The van der Waals surface area contributed by atoms with Crippen LogP contribution in [0.4, 0.5) is 0 Å². The maximum absolute atomic E-state index is 12.7. The third-order valence-corrected chi connectivity index (χ3v) is 4.99. The van der Waals surface area contributed by atoms with Crippen LogP contribution in [0, 0.1) is 0 Å². The van der Waals surface area contributed by atoms with E-state index in [4.69, 9.17) is 9.47 Å². The molecule has 4 rings (SSSR count). The van der Waals surface area contributed by atoms with E-state index < -0.39 is 0 Å². The Balaban J connectivity index is 1.42. The number of nitrogens with zero attached hydrogens (tertiary/aromatic N) is 5. The van der Waals surface area contributed by atoms with Crippen LogP contribution in [0.5, 0.6) is 11.5 Å². The van der Waals surface area contributed by atoms with Crippen molar-refractivity contribution in [2.24, 2.45) is 7.05 Å². The van der Waals surface area contributed by atoms with Crippen molar-refractivity contribution < 1.29 is 14.3 Å². The number of benzene rings is 1. The van der Waals surface area contributed by atoms with Crippen molar-refractivity contribution in [1.29, 1.82) is 0 Å². The highest BCUT2D eigenvalue weighted by molar-refractivity contribution is 5.93. The second-order valence-electron chi connectivity index (χ2n) is 7.04. The zero-order valence-electron chi connectivity index (χ0n) is 18.1. The van der Waals surface area contributed by atoms with Crippen LogP contribution in [0.25, 0.3) is 22.6 Å². The van der Waals surface area contributed by atoms with E-state index in [1.807, 2.05) is 48.7 Å². The van der Waals surface area contributed by atoms with Crippen LogP contribution in [0.2, 0.25) is 0 Å². The van der Waals surface area contributed by atoms with Crippen molar-refractivity contribution in [3.05, 3.63) is 66.6 Å². The van der Waals surface area contributed by atoms with Crippen LogP contribution in [-0.2, 0) is 13.6 Å². The lowest BCUT2D eigenvalue weighted by atomic mass is 10.1. The van der Waals surface area contributed by atoms with Gasteiger partial charge in [-0.1, -0.05) is 6.07 Å². The van der Waals surface area contributed by atoms with Gasteiger partial charge in [0.25, 0.3) is 5.91 Å². The Morgan fingerprint density at radius 2 is 1.88 bits per heavy atom. The number of pyridine rings is 1. The van der Waals surface area contributed by atoms with Gasteiger partial charge in [0.2, 0.25) is 0 Å². The van der Waals surface area contributed by atoms with Crippen LogP contribution < -0.4 is 14.8 Å². The molecule has 0 atom stereocenters. The van der Waals surface area contributed by atoms with Crippen molar-refractivity contribution in [2.75, 3.05) is 20.8 Å². The van der Waals surface area contributed by atoms with Gasteiger partial charge >= 0.3 is 0 Å². The molecule has 0 fully saturated rings. The van der Waals surface area contributed by atoms with E-state index in [0.29, 0.717) is 36.0 Å². The monoisotopic (exact) mass is 432 g/mol. The van der Waals surface area contributed by atoms with E-state index in [0.717, 1.165) is 17.0 Å². The normalized spacial score (nSPS) is 10.7. The van der Waals surface area contributed by atoms with Crippen molar-refractivity contribution >= 4 is 5.91 Å². The van der Waals surface area contributed by atoms with Crippen LogP contribution in [0.3, 0.4) is 0 Å². The van der Waals surface area contributed by atoms with E-state index >= 15 is 0 Å². The molecule has 3 heterocycles. The number of nitrogens with one attached hydrogen (secondary N) is 1. The maximum Gasteiger partial charge on any atom is 0.269 e. The van der Waals surface area contributed by atoms with Gasteiger partial charge in [-0.2, -0.15) is 10.2 Å². The van der Waals surface area contributed by atoms with Gasteiger partial charge in [-0.3, -0.25) is 19.1 Å². The molecule has 9 nitrogen and oxygen atoms in total. The number of amides is 1. The first-order chi connectivity index (χ1) is 15.6. The molecule has 0 radical (unpaired) electrons. The summed E-state index contributed by atoms with van der Waals surface area (Å²) in [5, 5.41) is 11.9. The molecule has 0 aliphatic carbocycles. The number of aromatic nitrogens is 5. The number of methoxy groups -OCH3 is 2. The molecule has 0 saturated heterocycles. The number of hydrogen-bond donors (Lipinski definition) is 1. The number of carbonyl (C=O) groups excluding carboxylic acids is 1. The summed E-state index contributed by atoms with van der Waals surface area (Å²) in [6.45, 7) is 0.957. The van der Waals surface area contributed by atoms with E-state index in [9.17, 15) is 4.79 Å². The highest BCUT2D eigenvalue weighted by Gasteiger charge is 2.17. The highest BCUT2D eigenvalue weighted by Crippen LogP contribution is 2.32. The highest BCUT2D eigenvalue weighted by atomic mass is 16.5. The fraction of sp³-hybridized carbons (Fsp3) is 0.217. The fourth-order valence-corrected chi connectivity index (χ4v) is 3.34. The van der Waals surface area contributed by atoms with Gasteiger partial charge in [-0.15, -0.1) is 0 Å². The molecule has 164 valence electrons. The van der Waals surface area contributed by atoms with Gasteiger partial charge in [-0.25, -0.2) is 0 Å². The SMILES string of the molecule is COc1ccc(OC)c(-c2cc(C(=O)NCCn3ccc(-c4ccccn4)n3)n(C)n2)c1. The topological polar surface area (TPSA) is 96.1 Å². The molecule has 4 aromatic rings. The van der Waals surface area contributed by atoms with Crippen molar-refractivity contribution in [2.45, 2.75) is 6.54 Å². The van der Waals surface area contributed by atoms with E-state index in [2.05, 4.69) is 20.5 Å². The molecular formula is C23H24N6O3. The predicted octanol–water partition coefficient (Wildman–Crippen LogP) is 2.79. The molecule has 0 aliphatic heterocycles. The lowest BCUT2D eigenvalue weighted by Crippen LogP contribution is -2.29. The van der Waals surface area contributed by atoms with Gasteiger partial charge < -0.3 is 14.8 Å². The zero-order chi connectivity index (χ0) is 22.5. The van der Waals surface area contributed by atoms with Crippen LogP contribution >= 0.6 is 0 Å². The van der Waals surface area contributed by atoms with Crippen LogP contribution in [0.1, 0.15) is 10.5 Å². The molecule has 0 unspecified atom stereocenters. The molecule has 1 N–H and O–H groups in total. The molecule has 1 amide bonds. The Morgan fingerprint density at radius 1 is 1.00 bits per heavy atom. The third-order valence-electron chi connectivity index (χ3n) is 4.99. The molecular weight excluding hydrogens is 408 g/mol. The average molecular weight is 432 g/mol. The molecule has 0 saturated carbocycles. The molecule has 0 spiro atoms. The van der Waals surface area contributed by atoms with Crippen molar-refractivity contribution in [1.82, 2.24) is 29.9 Å². The lowest BCUT2D eigenvalue weighted by Gasteiger charge is -2.08. The van der Waals surface area contributed by atoms with Crippen LogP contribution in [-0.4, -0.2) is 51.2 Å². The standard InChI is InChI=1S/C23H24N6O3/c1-28-21(15-20(26-28)17-14-16(31-2)7-8-22(17)32-3)23(30)25-11-13-29-12-9-19(27-29)18-6-4-5-10-24-18/h4-10,12,14-15H,11,13H2,1-3H3,(H,25,30). The summed E-state index contributed by atoms with van der Waals surface area (Å²) in [5.41, 5.74) is 3.42. The average Bonchev–Trinajstić information content (AvgIpc) is 3.46. The maximum atomic E-state index is 12.7. The first kappa shape index (κ1) is 21.1. The summed E-state index contributed by atoms with van der Waals surface area (Å²) in [4.78, 5) is 17.0. The molecule has 9 heteroatoms. The van der Waals surface area contributed by atoms with E-state index in [1.165, 1.54) is 0 Å². The number of ether oxygens (including phenoxy) is 2. The van der Waals surface area contributed by atoms with Crippen molar-refractivity contribution in [3.63, 3.8) is 0 Å². The van der Waals surface area contributed by atoms with Crippen LogP contribution in [0.15, 0.2) is 60.9 Å². The minimum Gasteiger partial charge on any atom is -0.497 e. The van der Waals surface area contributed by atoms with E-state index in [1.54, 1.807) is 42.9 Å². The molecule has 0 aliphatic rings. The quantitative estimate of drug-likeness (QED) is 0.460. The minimum absolute atomic E-state index is 0.217. The summed E-state index contributed by atoms with van der Waals surface area (Å²) in [6.07, 6.45) is 3.60. The van der Waals surface area contributed by atoms with Gasteiger partial charge in [0.1, 0.15) is 22.9 Å².